The molecule has 1 fully saturated rings. The van der Waals surface area contributed by atoms with E-state index in [0.29, 0.717) is 6.42 Å². The first-order chi connectivity index (χ1) is 7.66. The first kappa shape index (κ1) is 11.4. The van der Waals surface area contributed by atoms with E-state index in [2.05, 4.69) is 0 Å². The van der Waals surface area contributed by atoms with Gasteiger partial charge in [-0.3, -0.25) is 4.79 Å². The Hall–Kier alpha value is -1.05. The fourth-order valence-electron chi connectivity index (χ4n) is 2.68. The standard InChI is InChI=1S/C14H20O2/c1-10-9-13(11(2)16-10)14(15)8-7-12-5-3-4-6-12/h9,12H,3-8H2,1-2H3. The number of hydrogen-bond donors (Lipinski definition) is 0. The van der Waals surface area contributed by atoms with Gasteiger partial charge in [0, 0.05) is 6.42 Å². The highest BCUT2D eigenvalue weighted by Crippen LogP contribution is 2.29. The molecule has 1 heterocycles. The molecule has 88 valence electrons. The lowest BCUT2D eigenvalue weighted by Gasteiger charge is -2.06. The van der Waals surface area contributed by atoms with Gasteiger partial charge in [0.15, 0.2) is 5.78 Å². The molecule has 0 aliphatic heterocycles. The summed E-state index contributed by atoms with van der Waals surface area (Å²) in [7, 11) is 0. The minimum Gasteiger partial charge on any atom is -0.466 e. The molecule has 0 unspecified atom stereocenters. The lowest BCUT2D eigenvalue weighted by Crippen LogP contribution is -2.03. The third-order valence-electron chi connectivity index (χ3n) is 3.60. The van der Waals surface area contributed by atoms with Crippen LogP contribution in [0.25, 0.3) is 0 Å². The van der Waals surface area contributed by atoms with E-state index in [4.69, 9.17) is 4.42 Å². The monoisotopic (exact) mass is 220 g/mol. The Labute approximate surface area is 97.0 Å². The largest absolute Gasteiger partial charge is 0.466 e. The number of Topliss-reactive ketones (excluding diaryl/α,β-unsaturated/α-hetero) is 1. The summed E-state index contributed by atoms with van der Waals surface area (Å²) in [6, 6.07) is 1.87. The SMILES string of the molecule is Cc1cc(C(=O)CCC2CCCC2)c(C)o1. The van der Waals surface area contributed by atoms with E-state index in [1.807, 2.05) is 19.9 Å². The molecule has 2 heteroatoms. The van der Waals surface area contributed by atoms with Crippen LogP contribution < -0.4 is 0 Å². The average Bonchev–Trinajstić information content (AvgIpc) is 2.84. The van der Waals surface area contributed by atoms with Gasteiger partial charge in [-0.1, -0.05) is 25.7 Å². The van der Waals surface area contributed by atoms with Gasteiger partial charge in [-0.05, 0) is 32.3 Å². The van der Waals surface area contributed by atoms with Gasteiger partial charge in [0.05, 0.1) is 5.56 Å². The molecule has 0 atom stereocenters. The predicted molar refractivity (Wildman–Crippen MR) is 63.7 cm³/mol. The molecule has 0 bridgehead atoms. The second-order valence-electron chi connectivity index (χ2n) is 4.94. The second kappa shape index (κ2) is 4.86. The van der Waals surface area contributed by atoms with Crippen molar-refractivity contribution in [1.82, 2.24) is 0 Å². The number of ketones is 1. The maximum absolute atomic E-state index is 12.0. The van der Waals surface area contributed by atoms with Crippen LogP contribution in [0.1, 0.15) is 60.4 Å². The third-order valence-corrected chi connectivity index (χ3v) is 3.60. The first-order valence-electron chi connectivity index (χ1n) is 6.27. The predicted octanol–water partition coefficient (Wildman–Crippen LogP) is 4.05. The third kappa shape index (κ3) is 2.55. The van der Waals surface area contributed by atoms with Gasteiger partial charge in [0.1, 0.15) is 11.5 Å². The molecule has 1 aromatic rings. The summed E-state index contributed by atoms with van der Waals surface area (Å²) in [6.45, 7) is 3.76. The van der Waals surface area contributed by atoms with E-state index >= 15 is 0 Å². The number of aryl methyl sites for hydroxylation is 2. The van der Waals surface area contributed by atoms with E-state index in [-0.39, 0.29) is 5.78 Å². The van der Waals surface area contributed by atoms with Crippen molar-refractivity contribution >= 4 is 5.78 Å². The zero-order valence-corrected chi connectivity index (χ0v) is 10.2. The Morgan fingerprint density at radius 3 is 2.62 bits per heavy atom. The quantitative estimate of drug-likeness (QED) is 0.716. The number of rotatable bonds is 4. The van der Waals surface area contributed by atoms with Crippen LogP contribution in [0.15, 0.2) is 10.5 Å². The summed E-state index contributed by atoms with van der Waals surface area (Å²) < 4.78 is 5.39. The minimum absolute atomic E-state index is 0.251. The number of carbonyl (C=O) groups is 1. The normalized spacial score (nSPS) is 16.9. The van der Waals surface area contributed by atoms with Gasteiger partial charge < -0.3 is 4.42 Å². The zero-order valence-electron chi connectivity index (χ0n) is 10.2. The van der Waals surface area contributed by atoms with Gasteiger partial charge in [0.25, 0.3) is 0 Å². The second-order valence-corrected chi connectivity index (χ2v) is 4.94. The molecule has 16 heavy (non-hydrogen) atoms. The fourth-order valence-corrected chi connectivity index (χ4v) is 2.68. The Kier molecular flexibility index (Phi) is 3.47. The molecule has 1 aromatic heterocycles. The van der Waals surface area contributed by atoms with Crippen molar-refractivity contribution in [3.8, 4) is 0 Å². The molecule has 0 spiro atoms. The highest BCUT2D eigenvalue weighted by atomic mass is 16.3. The maximum Gasteiger partial charge on any atom is 0.166 e. The summed E-state index contributed by atoms with van der Waals surface area (Å²) in [5, 5.41) is 0. The topological polar surface area (TPSA) is 30.2 Å². The van der Waals surface area contributed by atoms with E-state index in [0.717, 1.165) is 29.4 Å². The summed E-state index contributed by atoms with van der Waals surface area (Å²) >= 11 is 0. The Morgan fingerprint density at radius 1 is 1.38 bits per heavy atom. The van der Waals surface area contributed by atoms with Gasteiger partial charge in [0.2, 0.25) is 0 Å². The minimum atomic E-state index is 0.251. The summed E-state index contributed by atoms with van der Waals surface area (Å²) in [4.78, 5) is 12.0. The molecule has 0 aromatic carbocycles. The van der Waals surface area contributed by atoms with Crippen LogP contribution in [0.5, 0.6) is 0 Å². The molecule has 0 saturated heterocycles. The molecule has 1 saturated carbocycles. The first-order valence-corrected chi connectivity index (χ1v) is 6.27. The Balaban J connectivity index is 1.90. The fraction of sp³-hybridized carbons (Fsp3) is 0.643. The van der Waals surface area contributed by atoms with Crippen LogP contribution in [-0.4, -0.2) is 5.78 Å². The zero-order chi connectivity index (χ0) is 11.5. The van der Waals surface area contributed by atoms with Crippen LogP contribution >= 0.6 is 0 Å². The van der Waals surface area contributed by atoms with Crippen molar-refractivity contribution < 1.29 is 9.21 Å². The molecule has 2 nitrogen and oxygen atoms in total. The van der Waals surface area contributed by atoms with Gasteiger partial charge >= 0.3 is 0 Å². The van der Waals surface area contributed by atoms with Crippen LogP contribution in [0, 0.1) is 19.8 Å². The van der Waals surface area contributed by atoms with Crippen molar-refractivity contribution in [1.29, 1.82) is 0 Å². The van der Waals surface area contributed by atoms with Crippen LogP contribution in [-0.2, 0) is 0 Å². The number of furan rings is 1. The molecule has 1 aliphatic rings. The highest BCUT2D eigenvalue weighted by molar-refractivity contribution is 5.97. The van der Waals surface area contributed by atoms with Gasteiger partial charge in [-0.15, -0.1) is 0 Å². The van der Waals surface area contributed by atoms with Crippen molar-refractivity contribution in [2.45, 2.75) is 52.4 Å². The van der Waals surface area contributed by atoms with E-state index in [1.54, 1.807) is 0 Å². The average molecular weight is 220 g/mol. The Morgan fingerprint density at radius 2 is 2.06 bits per heavy atom. The van der Waals surface area contributed by atoms with E-state index in [9.17, 15) is 4.79 Å². The molecule has 0 radical (unpaired) electrons. The summed E-state index contributed by atoms with van der Waals surface area (Å²) in [5.74, 6) is 2.65. The smallest absolute Gasteiger partial charge is 0.166 e. The van der Waals surface area contributed by atoms with Crippen LogP contribution in [0.2, 0.25) is 0 Å². The molecule has 0 N–H and O–H groups in total. The van der Waals surface area contributed by atoms with Crippen LogP contribution in [0.4, 0.5) is 0 Å². The highest BCUT2D eigenvalue weighted by Gasteiger charge is 2.18. The lowest BCUT2D eigenvalue weighted by atomic mass is 9.98. The van der Waals surface area contributed by atoms with Gasteiger partial charge in [-0.2, -0.15) is 0 Å². The maximum atomic E-state index is 12.0. The molecular weight excluding hydrogens is 200 g/mol. The van der Waals surface area contributed by atoms with Crippen molar-refractivity contribution in [3.63, 3.8) is 0 Å². The molecule has 2 rings (SSSR count). The number of hydrogen-bond acceptors (Lipinski definition) is 2. The van der Waals surface area contributed by atoms with E-state index in [1.165, 1.54) is 25.7 Å². The summed E-state index contributed by atoms with van der Waals surface area (Å²) in [5.41, 5.74) is 0.787. The molecule has 0 amide bonds. The van der Waals surface area contributed by atoms with Crippen molar-refractivity contribution in [3.05, 3.63) is 23.2 Å². The van der Waals surface area contributed by atoms with E-state index < -0.39 is 0 Å². The number of carbonyl (C=O) groups excluding carboxylic acids is 1. The molecular formula is C14H20O2. The Bertz CT molecular complexity index is 370. The van der Waals surface area contributed by atoms with Crippen LogP contribution in [0.3, 0.4) is 0 Å². The van der Waals surface area contributed by atoms with Crippen molar-refractivity contribution in [2.75, 3.05) is 0 Å². The molecule has 1 aliphatic carbocycles. The van der Waals surface area contributed by atoms with Crippen molar-refractivity contribution in [2.24, 2.45) is 5.92 Å². The summed E-state index contributed by atoms with van der Waals surface area (Å²) in [6.07, 6.45) is 7.08. The van der Waals surface area contributed by atoms with Gasteiger partial charge in [-0.25, -0.2) is 0 Å². The lowest BCUT2D eigenvalue weighted by molar-refractivity contribution is 0.0972.